The van der Waals surface area contributed by atoms with Crippen LogP contribution in [0.1, 0.15) is 6.42 Å². The van der Waals surface area contributed by atoms with Crippen LogP contribution in [0.3, 0.4) is 0 Å². The zero-order valence-corrected chi connectivity index (χ0v) is 5.28. The highest BCUT2D eigenvalue weighted by Crippen LogP contribution is 2.13. The largest absolute Gasteiger partial charge is 0.139 e. The van der Waals surface area contributed by atoms with Gasteiger partial charge in [-0.05, 0) is 30.0 Å². The predicted octanol–water partition coefficient (Wildman–Crippen LogP) is 1.22. The van der Waals surface area contributed by atoms with Gasteiger partial charge in [-0.3, -0.25) is 0 Å². The van der Waals surface area contributed by atoms with E-state index >= 15 is 0 Å². The third-order valence-electron chi connectivity index (χ3n) is 0.921. The lowest BCUT2D eigenvalue weighted by atomic mass is 10.5. The van der Waals surface area contributed by atoms with Gasteiger partial charge in [-0.15, -0.1) is 9.06 Å². The minimum absolute atomic E-state index is 0.866. The molecule has 7 heavy (non-hydrogen) atoms. The van der Waals surface area contributed by atoms with E-state index in [-0.39, 0.29) is 0 Å². The van der Waals surface area contributed by atoms with Crippen molar-refractivity contribution in [3.63, 3.8) is 0 Å². The maximum Gasteiger partial charge on any atom is 0.0324 e. The van der Waals surface area contributed by atoms with E-state index in [9.17, 15) is 0 Å². The summed E-state index contributed by atoms with van der Waals surface area (Å²) in [5, 5.41) is 0. The molecular formula is C3H6Cl2N2. The molecule has 1 saturated heterocycles. The van der Waals surface area contributed by atoms with Crippen LogP contribution in [-0.2, 0) is 0 Å². The molecule has 0 amide bonds. The van der Waals surface area contributed by atoms with Crippen LogP contribution in [0.15, 0.2) is 0 Å². The summed E-state index contributed by atoms with van der Waals surface area (Å²) in [7, 11) is 0. The molecule has 0 unspecified atom stereocenters. The Bertz CT molecular complexity index is 60.0. The Kier molecular flexibility index (Phi) is 1.75. The molecule has 0 bridgehead atoms. The van der Waals surface area contributed by atoms with Crippen molar-refractivity contribution in [1.82, 2.24) is 9.06 Å². The smallest absolute Gasteiger partial charge is 0.0324 e. The topological polar surface area (TPSA) is 6.48 Å². The fourth-order valence-electron chi connectivity index (χ4n) is 0.549. The maximum absolute atomic E-state index is 5.49. The second-order valence-electron chi connectivity index (χ2n) is 1.47. The van der Waals surface area contributed by atoms with Crippen molar-refractivity contribution in [3.8, 4) is 0 Å². The zero-order chi connectivity index (χ0) is 5.28. The summed E-state index contributed by atoms with van der Waals surface area (Å²) in [6.07, 6.45) is 1.06. The van der Waals surface area contributed by atoms with Crippen molar-refractivity contribution in [1.29, 1.82) is 0 Å². The van der Waals surface area contributed by atoms with Crippen molar-refractivity contribution in [2.45, 2.75) is 6.42 Å². The fraction of sp³-hybridized carbons (Fsp3) is 1.00. The third-order valence-corrected chi connectivity index (χ3v) is 1.70. The van der Waals surface area contributed by atoms with Crippen LogP contribution in [0.2, 0.25) is 0 Å². The SMILES string of the molecule is ClN1CCCN1Cl. The standard InChI is InChI=1S/C3H6Cl2N2/c4-6-2-1-3-7(6)5/h1-3H2. The minimum Gasteiger partial charge on any atom is -0.139 e. The van der Waals surface area contributed by atoms with Gasteiger partial charge < -0.3 is 0 Å². The fourth-order valence-corrected chi connectivity index (χ4v) is 0.939. The molecule has 0 aromatic heterocycles. The van der Waals surface area contributed by atoms with Gasteiger partial charge in [-0.25, -0.2) is 0 Å². The van der Waals surface area contributed by atoms with E-state index < -0.39 is 0 Å². The van der Waals surface area contributed by atoms with Gasteiger partial charge in [0.25, 0.3) is 0 Å². The lowest BCUT2D eigenvalue weighted by Crippen LogP contribution is -2.17. The van der Waals surface area contributed by atoms with Crippen molar-refractivity contribution < 1.29 is 0 Å². The molecule has 0 spiro atoms. The number of halogens is 2. The quantitative estimate of drug-likeness (QED) is 0.468. The summed E-state index contributed by atoms with van der Waals surface area (Å²) in [5.41, 5.74) is 0. The molecule has 0 radical (unpaired) electrons. The lowest BCUT2D eigenvalue weighted by Gasteiger charge is -2.09. The summed E-state index contributed by atoms with van der Waals surface area (Å²) in [4.78, 5) is 0. The predicted molar refractivity (Wildman–Crippen MR) is 29.7 cm³/mol. The molecule has 1 heterocycles. The molecule has 0 atom stereocenters. The molecule has 4 heteroatoms. The van der Waals surface area contributed by atoms with Crippen molar-refractivity contribution >= 4 is 23.6 Å². The summed E-state index contributed by atoms with van der Waals surface area (Å²) in [6.45, 7) is 1.73. The van der Waals surface area contributed by atoms with Gasteiger partial charge in [0.1, 0.15) is 0 Å². The van der Waals surface area contributed by atoms with E-state index in [1.54, 1.807) is 0 Å². The molecular weight excluding hydrogens is 135 g/mol. The Balaban J connectivity index is 2.33. The molecule has 1 rings (SSSR count). The van der Waals surface area contributed by atoms with E-state index in [1.807, 2.05) is 0 Å². The first-order valence-electron chi connectivity index (χ1n) is 2.17. The first-order valence-corrected chi connectivity index (χ1v) is 2.85. The first-order chi connectivity index (χ1) is 3.30. The molecule has 1 fully saturated rings. The van der Waals surface area contributed by atoms with Crippen LogP contribution < -0.4 is 0 Å². The molecule has 0 aromatic rings. The Morgan fingerprint density at radius 3 is 1.57 bits per heavy atom. The van der Waals surface area contributed by atoms with Crippen molar-refractivity contribution in [3.05, 3.63) is 0 Å². The molecule has 0 saturated carbocycles. The third kappa shape index (κ3) is 1.19. The molecule has 0 N–H and O–H groups in total. The normalized spacial score (nSPS) is 26.6. The van der Waals surface area contributed by atoms with Crippen LogP contribution in [-0.4, -0.2) is 22.1 Å². The Hall–Kier alpha value is 0.500. The van der Waals surface area contributed by atoms with Gasteiger partial charge in [0.15, 0.2) is 0 Å². The highest BCUT2D eigenvalue weighted by atomic mass is 35.5. The molecule has 42 valence electrons. The van der Waals surface area contributed by atoms with E-state index in [1.165, 1.54) is 9.06 Å². The van der Waals surface area contributed by atoms with Gasteiger partial charge in [0.2, 0.25) is 0 Å². The van der Waals surface area contributed by atoms with E-state index in [4.69, 9.17) is 23.6 Å². The minimum atomic E-state index is 0.866. The van der Waals surface area contributed by atoms with Crippen molar-refractivity contribution in [2.24, 2.45) is 0 Å². The average Bonchev–Trinajstić information content (AvgIpc) is 1.91. The van der Waals surface area contributed by atoms with Gasteiger partial charge in [-0.2, -0.15) is 0 Å². The highest BCUT2D eigenvalue weighted by molar-refractivity contribution is 6.19. The van der Waals surface area contributed by atoms with Gasteiger partial charge in [-0.1, -0.05) is 0 Å². The van der Waals surface area contributed by atoms with Crippen LogP contribution in [0.4, 0.5) is 0 Å². The first kappa shape index (κ1) is 5.63. The number of hydrogen-bond acceptors (Lipinski definition) is 2. The second kappa shape index (κ2) is 2.18. The number of hydrazine groups is 1. The molecule has 1 aliphatic rings. The van der Waals surface area contributed by atoms with E-state index in [2.05, 4.69) is 0 Å². The molecule has 0 aromatic carbocycles. The molecule has 2 nitrogen and oxygen atoms in total. The lowest BCUT2D eigenvalue weighted by molar-refractivity contribution is 0.260. The summed E-state index contributed by atoms with van der Waals surface area (Å²) in [6, 6.07) is 0. The number of rotatable bonds is 0. The number of nitrogens with zero attached hydrogens (tertiary/aromatic N) is 2. The summed E-state index contributed by atoms with van der Waals surface area (Å²) in [5.74, 6) is 0. The van der Waals surface area contributed by atoms with Crippen LogP contribution in [0.25, 0.3) is 0 Å². The average molecular weight is 141 g/mol. The van der Waals surface area contributed by atoms with E-state index in [0.29, 0.717) is 0 Å². The van der Waals surface area contributed by atoms with Gasteiger partial charge in [0.05, 0.1) is 0 Å². The second-order valence-corrected chi connectivity index (χ2v) is 2.25. The van der Waals surface area contributed by atoms with Crippen LogP contribution >= 0.6 is 23.6 Å². The monoisotopic (exact) mass is 140 g/mol. The number of hydrogen-bond donors (Lipinski definition) is 0. The Morgan fingerprint density at radius 2 is 1.43 bits per heavy atom. The van der Waals surface area contributed by atoms with Crippen LogP contribution in [0, 0.1) is 0 Å². The maximum atomic E-state index is 5.49. The Labute approximate surface area is 52.8 Å². The van der Waals surface area contributed by atoms with Gasteiger partial charge >= 0.3 is 0 Å². The Morgan fingerprint density at radius 1 is 1.00 bits per heavy atom. The molecule has 0 aliphatic carbocycles. The summed E-state index contributed by atoms with van der Waals surface area (Å²) >= 11 is 11.0. The summed E-state index contributed by atoms with van der Waals surface area (Å²) < 4.78 is 2.95. The highest BCUT2D eigenvalue weighted by Gasteiger charge is 2.16. The van der Waals surface area contributed by atoms with E-state index in [0.717, 1.165) is 19.5 Å². The molecule has 1 aliphatic heterocycles. The van der Waals surface area contributed by atoms with Gasteiger partial charge in [0, 0.05) is 13.1 Å². The van der Waals surface area contributed by atoms with Crippen molar-refractivity contribution in [2.75, 3.05) is 13.1 Å². The van der Waals surface area contributed by atoms with Crippen LogP contribution in [0.5, 0.6) is 0 Å². The zero-order valence-electron chi connectivity index (χ0n) is 3.77.